The summed E-state index contributed by atoms with van der Waals surface area (Å²) in [6, 6.07) is 16.0. The van der Waals surface area contributed by atoms with Gasteiger partial charge in [0.15, 0.2) is 11.0 Å². The quantitative estimate of drug-likeness (QED) is 0.410. The summed E-state index contributed by atoms with van der Waals surface area (Å²) in [5, 5.41) is 13.4. The van der Waals surface area contributed by atoms with E-state index in [-0.39, 0.29) is 11.7 Å². The number of para-hydroxylation sites is 1. The predicted octanol–water partition coefficient (Wildman–Crippen LogP) is 6.57. The second-order valence-corrected chi connectivity index (χ2v) is 9.52. The van der Waals surface area contributed by atoms with Crippen LogP contribution in [0.5, 0.6) is 0 Å². The van der Waals surface area contributed by atoms with Crippen LogP contribution in [0.4, 0.5) is 5.69 Å². The minimum Gasteiger partial charge on any atom is -0.325 e. The van der Waals surface area contributed by atoms with Crippen molar-refractivity contribution < 1.29 is 4.79 Å². The minimum absolute atomic E-state index is 0.0432. The van der Waals surface area contributed by atoms with Crippen molar-refractivity contribution in [3.63, 3.8) is 0 Å². The summed E-state index contributed by atoms with van der Waals surface area (Å²) < 4.78 is 2.19. The lowest BCUT2D eigenvalue weighted by Crippen LogP contribution is -2.16. The fourth-order valence-corrected chi connectivity index (χ4v) is 5.15. The first kappa shape index (κ1) is 21.9. The fourth-order valence-electron chi connectivity index (χ4n) is 4.12. The SMILES string of the molecule is CC(C)c1ccccc1NC(=O)CSc1nnc(-c2ccccc2Cl)n1C1CCCC1. The van der Waals surface area contributed by atoms with Crippen LogP contribution in [0.2, 0.25) is 5.02 Å². The van der Waals surface area contributed by atoms with Gasteiger partial charge in [-0.05, 0) is 42.5 Å². The highest BCUT2D eigenvalue weighted by molar-refractivity contribution is 7.99. The molecule has 1 aliphatic carbocycles. The summed E-state index contributed by atoms with van der Waals surface area (Å²) in [6.45, 7) is 4.25. The molecule has 3 aromatic rings. The Morgan fingerprint density at radius 3 is 2.58 bits per heavy atom. The zero-order valence-corrected chi connectivity index (χ0v) is 19.4. The Bertz CT molecular complexity index is 1060. The van der Waals surface area contributed by atoms with E-state index in [0.29, 0.717) is 17.0 Å². The summed E-state index contributed by atoms with van der Waals surface area (Å²) in [4.78, 5) is 12.7. The zero-order chi connectivity index (χ0) is 21.8. The van der Waals surface area contributed by atoms with E-state index >= 15 is 0 Å². The van der Waals surface area contributed by atoms with Gasteiger partial charge in [0.25, 0.3) is 0 Å². The third kappa shape index (κ3) is 4.96. The lowest BCUT2D eigenvalue weighted by Gasteiger charge is -2.17. The summed E-state index contributed by atoms with van der Waals surface area (Å²) in [5.74, 6) is 1.36. The average molecular weight is 455 g/mol. The number of amides is 1. The van der Waals surface area contributed by atoms with Crippen molar-refractivity contribution in [3.05, 3.63) is 59.1 Å². The number of benzene rings is 2. The van der Waals surface area contributed by atoms with Crippen LogP contribution in [0.3, 0.4) is 0 Å². The molecule has 0 spiro atoms. The van der Waals surface area contributed by atoms with E-state index in [1.54, 1.807) is 0 Å². The van der Waals surface area contributed by atoms with E-state index in [4.69, 9.17) is 11.6 Å². The lowest BCUT2D eigenvalue weighted by atomic mass is 10.0. The number of hydrogen-bond acceptors (Lipinski definition) is 4. The molecule has 1 saturated carbocycles. The number of rotatable bonds is 7. The zero-order valence-electron chi connectivity index (χ0n) is 17.8. The number of hydrogen-bond donors (Lipinski definition) is 1. The topological polar surface area (TPSA) is 59.8 Å². The van der Waals surface area contributed by atoms with Gasteiger partial charge in [-0.3, -0.25) is 9.36 Å². The summed E-state index contributed by atoms with van der Waals surface area (Å²) in [6.07, 6.45) is 4.58. The molecule has 1 amide bonds. The summed E-state index contributed by atoms with van der Waals surface area (Å²) in [5.41, 5.74) is 2.89. The number of anilines is 1. The third-order valence-electron chi connectivity index (χ3n) is 5.66. The second-order valence-electron chi connectivity index (χ2n) is 8.17. The molecular weight excluding hydrogens is 428 g/mol. The Hall–Kier alpha value is -2.31. The molecule has 7 heteroatoms. The van der Waals surface area contributed by atoms with E-state index < -0.39 is 0 Å². The first-order chi connectivity index (χ1) is 15.0. The van der Waals surface area contributed by atoms with Crippen LogP contribution in [-0.2, 0) is 4.79 Å². The molecule has 0 atom stereocenters. The van der Waals surface area contributed by atoms with Gasteiger partial charge >= 0.3 is 0 Å². The first-order valence-electron chi connectivity index (χ1n) is 10.8. The van der Waals surface area contributed by atoms with Crippen LogP contribution < -0.4 is 5.32 Å². The van der Waals surface area contributed by atoms with E-state index in [2.05, 4.69) is 40.0 Å². The molecule has 1 fully saturated rings. The van der Waals surface area contributed by atoms with Gasteiger partial charge in [-0.1, -0.05) is 80.4 Å². The van der Waals surface area contributed by atoms with Crippen LogP contribution in [0.25, 0.3) is 11.4 Å². The molecule has 0 radical (unpaired) electrons. The molecule has 31 heavy (non-hydrogen) atoms. The van der Waals surface area contributed by atoms with Crippen LogP contribution >= 0.6 is 23.4 Å². The van der Waals surface area contributed by atoms with Crippen molar-refractivity contribution in [1.82, 2.24) is 14.8 Å². The Kier molecular flexibility index (Phi) is 6.98. The van der Waals surface area contributed by atoms with Crippen LogP contribution in [-0.4, -0.2) is 26.4 Å². The number of thioether (sulfide) groups is 1. The molecule has 162 valence electrons. The smallest absolute Gasteiger partial charge is 0.234 e. The maximum atomic E-state index is 12.7. The minimum atomic E-state index is -0.0432. The normalized spacial score (nSPS) is 14.3. The van der Waals surface area contributed by atoms with Gasteiger partial charge in [-0.2, -0.15) is 0 Å². The monoisotopic (exact) mass is 454 g/mol. The largest absolute Gasteiger partial charge is 0.325 e. The molecule has 1 N–H and O–H groups in total. The highest BCUT2D eigenvalue weighted by Crippen LogP contribution is 2.38. The van der Waals surface area contributed by atoms with Gasteiger partial charge in [0.1, 0.15) is 0 Å². The maximum Gasteiger partial charge on any atom is 0.234 e. The summed E-state index contributed by atoms with van der Waals surface area (Å²) in [7, 11) is 0. The third-order valence-corrected chi connectivity index (χ3v) is 6.93. The van der Waals surface area contributed by atoms with Gasteiger partial charge in [0.05, 0.1) is 10.8 Å². The second kappa shape index (κ2) is 9.88. The Morgan fingerprint density at radius 2 is 1.84 bits per heavy atom. The van der Waals surface area contributed by atoms with Gasteiger partial charge in [0.2, 0.25) is 5.91 Å². The molecule has 0 saturated heterocycles. The van der Waals surface area contributed by atoms with Crippen LogP contribution in [0.1, 0.15) is 57.1 Å². The van der Waals surface area contributed by atoms with Crippen molar-refractivity contribution >= 4 is 35.0 Å². The highest BCUT2D eigenvalue weighted by Gasteiger charge is 2.26. The number of nitrogens with zero attached hydrogens (tertiary/aromatic N) is 3. The number of nitrogens with one attached hydrogen (secondary N) is 1. The lowest BCUT2D eigenvalue weighted by molar-refractivity contribution is -0.113. The van der Waals surface area contributed by atoms with Crippen molar-refractivity contribution in [3.8, 4) is 11.4 Å². The van der Waals surface area contributed by atoms with Gasteiger partial charge in [0, 0.05) is 17.3 Å². The van der Waals surface area contributed by atoms with E-state index in [1.165, 1.54) is 24.6 Å². The predicted molar refractivity (Wildman–Crippen MR) is 128 cm³/mol. The van der Waals surface area contributed by atoms with Crippen LogP contribution in [0.15, 0.2) is 53.7 Å². The molecule has 1 aromatic heterocycles. The van der Waals surface area contributed by atoms with Crippen LogP contribution in [0, 0.1) is 0 Å². The van der Waals surface area contributed by atoms with E-state index in [9.17, 15) is 4.79 Å². The Balaban J connectivity index is 1.54. The standard InChI is InChI=1S/C24H27ClN4OS/c1-16(2)18-11-6-8-14-21(18)26-22(30)15-31-24-28-27-23(19-12-5-7-13-20(19)25)29(24)17-9-3-4-10-17/h5-8,11-14,16-17H,3-4,9-10,15H2,1-2H3,(H,26,30). The molecule has 0 aliphatic heterocycles. The van der Waals surface area contributed by atoms with E-state index in [0.717, 1.165) is 40.6 Å². The molecule has 1 heterocycles. The molecule has 1 aliphatic rings. The number of carbonyl (C=O) groups is 1. The fraction of sp³-hybridized carbons (Fsp3) is 0.375. The molecule has 0 unspecified atom stereocenters. The van der Waals surface area contributed by atoms with Crippen molar-refractivity contribution in [2.45, 2.75) is 56.6 Å². The van der Waals surface area contributed by atoms with Gasteiger partial charge in [-0.25, -0.2) is 0 Å². The maximum absolute atomic E-state index is 12.7. The highest BCUT2D eigenvalue weighted by atomic mass is 35.5. The van der Waals surface area contributed by atoms with Gasteiger partial charge < -0.3 is 5.32 Å². The Morgan fingerprint density at radius 1 is 1.13 bits per heavy atom. The van der Waals surface area contributed by atoms with E-state index in [1.807, 2.05) is 42.5 Å². The average Bonchev–Trinajstić information content (AvgIpc) is 3.42. The van der Waals surface area contributed by atoms with Crippen molar-refractivity contribution in [1.29, 1.82) is 0 Å². The first-order valence-corrected chi connectivity index (χ1v) is 12.1. The number of aromatic nitrogens is 3. The van der Waals surface area contributed by atoms with Gasteiger partial charge in [-0.15, -0.1) is 10.2 Å². The molecule has 4 rings (SSSR count). The van der Waals surface area contributed by atoms with Crippen molar-refractivity contribution in [2.24, 2.45) is 0 Å². The Labute approximate surface area is 192 Å². The number of carbonyl (C=O) groups excluding carboxylic acids is 1. The van der Waals surface area contributed by atoms with Crippen molar-refractivity contribution in [2.75, 3.05) is 11.1 Å². The molecule has 5 nitrogen and oxygen atoms in total. The molecule has 0 bridgehead atoms. The molecular formula is C24H27ClN4OS. The molecule has 2 aromatic carbocycles. The summed E-state index contributed by atoms with van der Waals surface area (Å²) >= 11 is 7.88. The number of halogens is 1.